The van der Waals surface area contributed by atoms with Crippen LogP contribution < -0.4 is 9.47 Å². The average molecular weight is 391 g/mol. The summed E-state index contributed by atoms with van der Waals surface area (Å²) in [6, 6.07) is 12.2. The van der Waals surface area contributed by atoms with Crippen LogP contribution in [-0.4, -0.2) is 46.0 Å². The van der Waals surface area contributed by atoms with Gasteiger partial charge in [-0.05, 0) is 52.9 Å². The molecule has 1 aromatic heterocycles. The van der Waals surface area contributed by atoms with Crippen molar-refractivity contribution in [1.29, 1.82) is 0 Å². The van der Waals surface area contributed by atoms with Crippen molar-refractivity contribution in [2.75, 3.05) is 20.0 Å². The first kappa shape index (κ1) is 18.2. The molecule has 7 nitrogen and oxygen atoms in total. The summed E-state index contributed by atoms with van der Waals surface area (Å²) in [6.07, 6.45) is 0. The number of ketones is 1. The van der Waals surface area contributed by atoms with Crippen molar-refractivity contribution in [3.05, 3.63) is 53.1 Å². The Kier molecular flexibility index (Phi) is 5.75. The largest absolute Gasteiger partial charge is 0.497 e. The first-order valence-corrected chi connectivity index (χ1v) is 8.91. The van der Waals surface area contributed by atoms with Crippen molar-refractivity contribution >= 4 is 29.1 Å². The second-order valence-electron chi connectivity index (χ2n) is 5.13. The monoisotopic (exact) mass is 390 g/mol. The van der Waals surface area contributed by atoms with Gasteiger partial charge in [-0.1, -0.05) is 23.4 Å². The molecule has 0 saturated heterocycles. The predicted molar refractivity (Wildman–Crippen MR) is 98.8 cm³/mol. The number of thioether (sulfide) groups is 1. The van der Waals surface area contributed by atoms with E-state index < -0.39 is 0 Å². The smallest absolute Gasteiger partial charge is 0.214 e. The number of aromatic nitrogens is 4. The number of Topliss-reactive ketones (excluding diaryl/α,β-unsaturated/α-hetero) is 1. The normalized spacial score (nSPS) is 10.6. The van der Waals surface area contributed by atoms with Crippen LogP contribution in [0.25, 0.3) is 5.69 Å². The van der Waals surface area contributed by atoms with Gasteiger partial charge in [0.25, 0.3) is 0 Å². The molecule has 134 valence electrons. The summed E-state index contributed by atoms with van der Waals surface area (Å²) in [4.78, 5) is 12.5. The first-order chi connectivity index (χ1) is 12.6. The average Bonchev–Trinajstić information content (AvgIpc) is 3.14. The van der Waals surface area contributed by atoms with Crippen LogP contribution in [0.15, 0.2) is 47.6 Å². The van der Waals surface area contributed by atoms with Crippen molar-refractivity contribution in [3.63, 3.8) is 0 Å². The fourth-order valence-electron chi connectivity index (χ4n) is 2.26. The minimum Gasteiger partial charge on any atom is -0.497 e. The molecule has 0 atom stereocenters. The van der Waals surface area contributed by atoms with Crippen LogP contribution in [0.1, 0.15) is 10.4 Å². The Balaban J connectivity index is 1.76. The lowest BCUT2D eigenvalue weighted by atomic mass is 10.1. The molecule has 0 aliphatic rings. The highest BCUT2D eigenvalue weighted by Crippen LogP contribution is 2.26. The van der Waals surface area contributed by atoms with Gasteiger partial charge in [-0.15, -0.1) is 5.10 Å². The van der Waals surface area contributed by atoms with Gasteiger partial charge >= 0.3 is 0 Å². The number of nitrogens with zero attached hydrogens (tertiary/aromatic N) is 4. The van der Waals surface area contributed by atoms with E-state index in [0.717, 1.165) is 11.4 Å². The van der Waals surface area contributed by atoms with E-state index in [9.17, 15) is 4.79 Å². The fraction of sp³-hybridized carbons (Fsp3) is 0.176. The molecule has 0 fully saturated rings. The van der Waals surface area contributed by atoms with Crippen molar-refractivity contribution in [2.24, 2.45) is 0 Å². The van der Waals surface area contributed by atoms with E-state index in [0.29, 0.717) is 21.5 Å². The lowest BCUT2D eigenvalue weighted by Crippen LogP contribution is -2.07. The maximum Gasteiger partial charge on any atom is 0.214 e. The van der Waals surface area contributed by atoms with Crippen molar-refractivity contribution in [3.8, 4) is 17.2 Å². The lowest BCUT2D eigenvalue weighted by molar-refractivity contribution is 0.101. The minimum absolute atomic E-state index is 0.126. The molecular formula is C17H15ClN4O3S. The molecule has 0 aliphatic carbocycles. The van der Waals surface area contributed by atoms with Crippen LogP contribution in [0.2, 0.25) is 5.02 Å². The van der Waals surface area contributed by atoms with E-state index in [-0.39, 0.29) is 11.5 Å². The zero-order valence-corrected chi connectivity index (χ0v) is 15.6. The van der Waals surface area contributed by atoms with Crippen LogP contribution in [0, 0.1) is 0 Å². The third-order valence-corrected chi connectivity index (χ3v) is 4.71. The number of carbonyl (C=O) groups excluding carboxylic acids is 1. The van der Waals surface area contributed by atoms with E-state index in [1.807, 2.05) is 24.3 Å². The third-order valence-electron chi connectivity index (χ3n) is 3.55. The fourth-order valence-corrected chi connectivity index (χ4v) is 3.21. The quantitative estimate of drug-likeness (QED) is 0.452. The van der Waals surface area contributed by atoms with Gasteiger partial charge in [0.2, 0.25) is 5.16 Å². The van der Waals surface area contributed by atoms with E-state index in [4.69, 9.17) is 21.1 Å². The summed E-state index contributed by atoms with van der Waals surface area (Å²) >= 11 is 7.22. The zero-order chi connectivity index (χ0) is 18.5. The Labute approximate surface area is 159 Å². The number of hydrogen-bond donors (Lipinski definition) is 0. The summed E-state index contributed by atoms with van der Waals surface area (Å²) in [5, 5.41) is 12.6. The van der Waals surface area contributed by atoms with Gasteiger partial charge in [0, 0.05) is 5.02 Å². The summed E-state index contributed by atoms with van der Waals surface area (Å²) in [5.41, 5.74) is 1.20. The number of ether oxygens (including phenoxy) is 2. The molecule has 1 heterocycles. The summed E-state index contributed by atoms with van der Waals surface area (Å²) in [7, 11) is 3.11. The van der Waals surface area contributed by atoms with Crippen molar-refractivity contribution < 1.29 is 14.3 Å². The topological polar surface area (TPSA) is 79.1 Å². The number of carbonyl (C=O) groups is 1. The van der Waals surface area contributed by atoms with Crippen LogP contribution >= 0.6 is 23.4 Å². The second-order valence-corrected chi connectivity index (χ2v) is 6.51. The Morgan fingerprint density at radius 2 is 1.92 bits per heavy atom. The lowest BCUT2D eigenvalue weighted by Gasteiger charge is -2.08. The number of rotatable bonds is 7. The molecule has 0 radical (unpaired) electrons. The van der Waals surface area contributed by atoms with Gasteiger partial charge in [-0.2, -0.15) is 4.68 Å². The molecule has 0 N–H and O–H groups in total. The predicted octanol–water partition coefficient (Wildman–Crippen LogP) is 3.31. The van der Waals surface area contributed by atoms with Crippen LogP contribution in [0.5, 0.6) is 11.5 Å². The molecule has 0 aliphatic heterocycles. The molecule has 3 rings (SSSR count). The summed E-state index contributed by atoms with van der Waals surface area (Å²) in [6.45, 7) is 0. The summed E-state index contributed by atoms with van der Waals surface area (Å²) in [5.74, 6) is 1.24. The number of methoxy groups -OCH3 is 2. The highest BCUT2D eigenvalue weighted by molar-refractivity contribution is 7.99. The number of tetrazole rings is 1. The van der Waals surface area contributed by atoms with Gasteiger partial charge in [0.05, 0.1) is 31.2 Å². The Morgan fingerprint density at radius 1 is 1.15 bits per heavy atom. The SMILES string of the molecule is COc1ccc(-n2nnnc2SCC(=O)c2cc(Cl)ccc2OC)cc1. The van der Waals surface area contributed by atoms with Gasteiger partial charge in [0.15, 0.2) is 5.78 Å². The molecule has 0 amide bonds. The molecular weight excluding hydrogens is 376 g/mol. The second kappa shape index (κ2) is 8.20. The molecule has 0 bridgehead atoms. The molecule has 0 saturated carbocycles. The third kappa shape index (κ3) is 3.97. The van der Waals surface area contributed by atoms with Gasteiger partial charge in [-0.3, -0.25) is 4.79 Å². The first-order valence-electron chi connectivity index (χ1n) is 7.54. The number of halogens is 1. The highest BCUT2D eigenvalue weighted by atomic mass is 35.5. The van der Waals surface area contributed by atoms with E-state index in [2.05, 4.69) is 15.5 Å². The van der Waals surface area contributed by atoms with E-state index >= 15 is 0 Å². The maximum atomic E-state index is 12.5. The standard InChI is InChI=1S/C17H15ClN4O3S/c1-24-13-6-4-12(5-7-13)22-17(19-20-21-22)26-10-15(23)14-9-11(18)3-8-16(14)25-2/h3-9H,10H2,1-2H3. The molecule has 26 heavy (non-hydrogen) atoms. The van der Waals surface area contributed by atoms with E-state index in [1.165, 1.54) is 18.9 Å². The maximum absolute atomic E-state index is 12.5. The Bertz CT molecular complexity index is 915. The molecule has 2 aromatic carbocycles. The van der Waals surface area contributed by atoms with Crippen LogP contribution in [0.3, 0.4) is 0 Å². The highest BCUT2D eigenvalue weighted by Gasteiger charge is 2.16. The van der Waals surface area contributed by atoms with E-state index in [1.54, 1.807) is 30.0 Å². The zero-order valence-electron chi connectivity index (χ0n) is 14.0. The Morgan fingerprint density at radius 3 is 2.62 bits per heavy atom. The van der Waals surface area contributed by atoms with Crippen molar-refractivity contribution in [2.45, 2.75) is 5.16 Å². The minimum atomic E-state index is -0.126. The van der Waals surface area contributed by atoms with Crippen LogP contribution in [0.4, 0.5) is 0 Å². The van der Waals surface area contributed by atoms with Crippen LogP contribution in [-0.2, 0) is 0 Å². The molecule has 0 spiro atoms. The number of hydrogen-bond acceptors (Lipinski definition) is 7. The van der Waals surface area contributed by atoms with Crippen molar-refractivity contribution in [1.82, 2.24) is 20.2 Å². The molecule has 3 aromatic rings. The van der Waals surface area contributed by atoms with Gasteiger partial charge in [0.1, 0.15) is 11.5 Å². The van der Waals surface area contributed by atoms with Gasteiger partial charge in [-0.25, -0.2) is 0 Å². The molecule has 0 unspecified atom stereocenters. The number of benzene rings is 2. The van der Waals surface area contributed by atoms with Gasteiger partial charge < -0.3 is 9.47 Å². The molecule has 9 heteroatoms. The Hall–Kier alpha value is -2.58. The summed E-state index contributed by atoms with van der Waals surface area (Å²) < 4.78 is 11.9.